The van der Waals surface area contributed by atoms with Crippen molar-refractivity contribution < 1.29 is 12.8 Å². The van der Waals surface area contributed by atoms with Gasteiger partial charge in [-0.2, -0.15) is 4.31 Å². The zero-order valence-electron chi connectivity index (χ0n) is 14.6. The van der Waals surface area contributed by atoms with Crippen molar-refractivity contribution >= 4 is 26.0 Å². The van der Waals surface area contributed by atoms with Gasteiger partial charge in [-0.25, -0.2) is 12.8 Å². The fourth-order valence-electron chi connectivity index (χ4n) is 2.57. The maximum absolute atomic E-state index is 14.0. The van der Waals surface area contributed by atoms with Gasteiger partial charge in [0, 0.05) is 17.2 Å². The van der Waals surface area contributed by atoms with Gasteiger partial charge in [0.15, 0.2) is 0 Å². The second-order valence-corrected chi connectivity index (χ2v) is 8.99. The lowest BCUT2D eigenvalue weighted by atomic mass is 10.2. The van der Waals surface area contributed by atoms with E-state index >= 15 is 0 Å². The molecule has 0 aliphatic heterocycles. The van der Waals surface area contributed by atoms with Crippen molar-refractivity contribution in [1.29, 1.82) is 0 Å². The molecule has 1 heterocycles. The standard InChI is InChI=1S/C20H18BrFN2O2S/c1-15-5-10-19(12-20(15)22)27(25,26)24(14-18-4-2-3-11-23-18)13-16-6-8-17(21)9-7-16/h2-12H,13-14H2,1H3. The minimum Gasteiger partial charge on any atom is -0.260 e. The van der Waals surface area contributed by atoms with Gasteiger partial charge in [-0.05, 0) is 54.4 Å². The minimum atomic E-state index is -3.91. The highest BCUT2D eigenvalue weighted by atomic mass is 79.9. The molecule has 0 spiro atoms. The fourth-order valence-corrected chi connectivity index (χ4v) is 4.25. The molecule has 2 aromatic carbocycles. The highest BCUT2D eigenvalue weighted by molar-refractivity contribution is 9.10. The van der Waals surface area contributed by atoms with Gasteiger partial charge in [-0.3, -0.25) is 4.98 Å². The van der Waals surface area contributed by atoms with E-state index < -0.39 is 15.8 Å². The predicted octanol–water partition coefficient (Wildman–Crippen LogP) is 4.68. The van der Waals surface area contributed by atoms with E-state index in [9.17, 15) is 12.8 Å². The van der Waals surface area contributed by atoms with Crippen LogP contribution in [0.1, 0.15) is 16.8 Å². The van der Waals surface area contributed by atoms with E-state index in [0.717, 1.165) is 16.1 Å². The molecule has 0 aliphatic rings. The van der Waals surface area contributed by atoms with Gasteiger partial charge in [-0.1, -0.05) is 40.2 Å². The average molecular weight is 449 g/mol. The van der Waals surface area contributed by atoms with Gasteiger partial charge in [0.1, 0.15) is 5.82 Å². The highest BCUT2D eigenvalue weighted by Gasteiger charge is 2.26. The lowest BCUT2D eigenvalue weighted by Crippen LogP contribution is -2.30. The van der Waals surface area contributed by atoms with E-state index in [1.807, 2.05) is 24.3 Å². The van der Waals surface area contributed by atoms with Crippen LogP contribution in [0.4, 0.5) is 4.39 Å². The number of benzene rings is 2. The van der Waals surface area contributed by atoms with Crippen LogP contribution in [0.3, 0.4) is 0 Å². The lowest BCUT2D eigenvalue weighted by Gasteiger charge is -2.22. The Balaban J connectivity index is 1.98. The van der Waals surface area contributed by atoms with E-state index in [4.69, 9.17) is 0 Å². The first-order valence-electron chi connectivity index (χ1n) is 8.27. The average Bonchev–Trinajstić information content (AvgIpc) is 2.66. The summed E-state index contributed by atoms with van der Waals surface area (Å²) in [4.78, 5) is 4.15. The number of halogens is 2. The SMILES string of the molecule is Cc1ccc(S(=O)(=O)N(Cc2ccc(Br)cc2)Cc2ccccn2)cc1F. The van der Waals surface area contributed by atoms with Crippen LogP contribution in [0.25, 0.3) is 0 Å². The van der Waals surface area contributed by atoms with Crippen molar-refractivity contribution in [3.05, 3.63) is 94.0 Å². The molecule has 7 heteroatoms. The molecular weight excluding hydrogens is 431 g/mol. The van der Waals surface area contributed by atoms with E-state index in [0.29, 0.717) is 11.3 Å². The molecule has 0 saturated heterocycles. The van der Waals surface area contributed by atoms with Crippen LogP contribution in [-0.2, 0) is 23.1 Å². The third-order valence-electron chi connectivity index (χ3n) is 4.12. The topological polar surface area (TPSA) is 50.3 Å². The van der Waals surface area contributed by atoms with Gasteiger partial charge >= 0.3 is 0 Å². The first-order valence-corrected chi connectivity index (χ1v) is 10.5. The first-order chi connectivity index (χ1) is 12.9. The van der Waals surface area contributed by atoms with E-state index in [1.165, 1.54) is 16.4 Å². The Morgan fingerprint density at radius 3 is 2.41 bits per heavy atom. The van der Waals surface area contributed by atoms with Crippen molar-refractivity contribution in [3.8, 4) is 0 Å². The second kappa shape index (κ2) is 8.29. The Morgan fingerprint density at radius 2 is 1.78 bits per heavy atom. The van der Waals surface area contributed by atoms with Gasteiger partial charge in [0.05, 0.1) is 17.1 Å². The molecule has 3 rings (SSSR count). The van der Waals surface area contributed by atoms with Crippen LogP contribution >= 0.6 is 15.9 Å². The molecule has 0 amide bonds. The number of hydrogen-bond acceptors (Lipinski definition) is 3. The molecule has 0 radical (unpaired) electrons. The van der Waals surface area contributed by atoms with Crippen molar-refractivity contribution in [1.82, 2.24) is 9.29 Å². The lowest BCUT2D eigenvalue weighted by molar-refractivity contribution is 0.396. The van der Waals surface area contributed by atoms with Crippen molar-refractivity contribution in [3.63, 3.8) is 0 Å². The Kier molecular flexibility index (Phi) is 6.04. The Bertz CT molecular complexity index is 1030. The van der Waals surface area contributed by atoms with E-state index in [1.54, 1.807) is 31.3 Å². The Labute approximate surface area is 166 Å². The zero-order valence-corrected chi connectivity index (χ0v) is 17.0. The summed E-state index contributed by atoms with van der Waals surface area (Å²) in [5.74, 6) is -0.544. The maximum atomic E-state index is 14.0. The van der Waals surface area contributed by atoms with Crippen LogP contribution in [0, 0.1) is 12.7 Å². The number of sulfonamides is 1. The summed E-state index contributed by atoms with van der Waals surface area (Å²) in [7, 11) is -3.91. The normalized spacial score (nSPS) is 11.7. The highest BCUT2D eigenvalue weighted by Crippen LogP contribution is 2.23. The summed E-state index contributed by atoms with van der Waals surface area (Å²) in [6.45, 7) is 1.84. The van der Waals surface area contributed by atoms with Gasteiger partial charge in [0.2, 0.25) is 10.0 Å². The minimum absolute atomic E-state index is 0.0707. The number of aromatic nitrogens is 1. The van der Waals surface area contributed by atoms with E-state index in [-0.39, 0.29) is 18.0 Å². The monoisotopic (exact) mass is 448 g/mol. The summed E-state index contributed by atoms with van der Waals surface area (Å²) in [5.41, 5.74) is 1.84. The van der Waals surface area contributed by atoms with E-state index in [2.05, 4.69) is 20.9 Å². The van der Waals surface area contributed by atoms with Crippen molar-refractivity contribution in [2.75, 3.05) is 0 Å². The molecule has 0 atom stereocenters. The molecule has 3 aromatic rings. The van der Waals surface area contributed by atoms with Gasteiger partial charge < -0.3 is 0 Å². The number of hydrogen-bond donors (Lipinski definition) is 0. The number of pyridine rings is 1. The molecule has 0 bridgehead atoms. The number of rotatable bonds is 6. The van der Waals surface area contributed by atoms with Crippen LogP contribution in [0.5, 0.6) is 0 Å². The summed E-state index contributed by atoms with van der Waals surface area (Å²) in [6.07, 6.45) is 1.62. The zero-order chi connectivity index (χ0) is 19.4. The largest absolute Gasteiger partial charge is 0.260 e. The molecule has 0 unspecified atom stereocenters. The van der Waals surface area contributed by atoms with Gasteiger partial charge in [-0.15, -0.1) is 0 Å². The third kappa shape index (κ3) is 4.80. The number of nitrogens with zero attached hydrogens (tertiary/aromatic N) is 2. The third-order valence-corrected chi connectivity index (χ3v) is 6.43. The molecule has 0 aliphatic carbocycles. The van der Waals surface area contributed by atoms with Crippen LogP contribution in [0.2, 0.25) is 0 Å². The molecule has 140 valence electrons. The fraction of sp³-hybridized carbons (Fsp3) is 0.150. The summed E-state index contributed by atoms with van der Waals surface area (Å²) in [5, 5.41) is 0. The summed E-state index contributed by atoms with van der Waals surface area (Å²) in [6, 6.07) is 16.7. The summed E-state index contributed by atoms with van der Waals surface area (Å²) < 4.78 is 42.6. The Hall–Kier alpha value is -2.09. The van der Waals surface area contributed by atoms with Crippen molar-refractivity contribution in [2.24, 2.45) is 0 Å². The van der Waals surface area contributed by atoms with Gasteiger partial charge in [0.25, 0.3) is 0 Å². The molecule has 1 aromatic heterocycles. The molecule has 0 fully saturated rings. The molecular formula is C20H18BrFN2O2S. The quantitative estimate of drug-likeness (QED) is 0.549. The Morgan fingerprint density at radius 1 is 1.04 bits per heavy atom. The second-order valence-electron chi connectivity index (χ2n) is 6.13. The molecule has 27 heavy (non-hydrogen) atoms. The maximum Gasteiger partial charge on any atom is 0.243 e. The predicted molar refractivity (Wildman–Crippen MR) is 106 cm³/mol. The van der Waals surface area contributed by atoms with Crippen LogP contribution in [-0.4, -0.2) is 17.7 Å². The van der Waals surface area contributed by atoms with Crippen LogP contribution < -0.4 is 0 Å². The van der Waals surface area contributed by atoms with Crippen LogP contribution in [0.15, 0.2) is 76.2 Å². The first kappa shape index (κ1) is 19.7. The molecule has 0 saturated carbocycles. The van der Waals surface area contributed by atoms with Crippen molar-refractivity contribution in [2.45, 2.75) is 24.9 Å². The molecule has 4 nitrogen and oxygen atoms in total. The number of aryl methyl sites for hydroxylation is 1. The molecule has 0 N–H and O–H groups in total. The smallest absolute Gasteiger partial charge is 0.243 e. The summed E-state index contributed by atoms with van der Waals surface area (Å²) >= 11 is 3.37.